The van der Waals surface area contributed by atoms with Crippen LogP contribution in [0.1, 0.15) is 6.42 Å². The van der Waals surface area contributed by atoms with Gasteiger partial charge in [-0.05, 0) is 18.6 Å². The van der Waals surface area contributed by atoms with Crippen molar-refractivity contribution >= 4 is 28.5 Å². The van der Waals surface area contributed by atoms with Gasteiger partial charge in [-0.2, -0.15) is 0 Å². The van der Waals surface area contributed by atoms with Gasteiger partial charge in [0, 0.05) is 18.0 Å². The number of carboxylic acid groups (broad SMARTS) is 1. The average molecular weight is 263 g/mol. The maximum Gasteiger partial charge on any atom is 0.316 e. The van der Waals surface area contributed by atoms with Crippen molar-refractivity contribution < 1.29 is 23.5 Å². The third-order valence-electron chi connectivity index (χ3n) is 3.32. The smallest absolute Gasteiger partial charge is 0.316 e. The number of hydrogen-bond acceptors (Lipinski definition) is 3. The van der Waals surface area contributed by atoms with Crippen LogP contribution < -0.4 is 4.90 Å². The van der Waals surface area contributed by atoms with E-state index >= 15 is 0 Å². The first-order valence-corrected chi connectivity index (χ1v) is 5.79. The fourth-order valence-electron chi connectivity index (χ4n) is 2.33. The van der Waals surface area contributed by atoms with Crippen LogP contribution in [0.5, 0.6) is 0 Å². The van der Waals surface area contributed by atoms with Gasteiger partial charge in [-0.3, -0.25) is 9.59 Å². The SMILES string of the molecule is O=C(O)C1CCN(c2cc3ccoc3cc2F)C1=O. The molecule has 1 amide bonds. The van der Waals surface area contributed by atoms with Gasteiger partial charge in [-0.1, -0.05) is 0 Å². The summed E-state index contributed by atoms with van der Waals surface area (Å²) in [5.41, 5.74) is 0.491. The summed E-state index contributed by atoms with van der Waals surface area (Å²) >= 11 is 0. The molecule has 2 heterocycles. The molecule has 6 heteroatoms. The molecule has 2 aromatic rings. The number of amides is 1. The first kappa shape index (κ1) is 11.7. The average Bonchev–Trinajstić information content (AvgIpc) is 2.94. The van der Waals surface area contributed by atoms with Gasteiger partial charge in [0.2, 0.25) is 5.91 Å². The Morgan fingerprint density at radius 2 is 2.26 bits per heavy atom. The highest BCUT2D eigenvalue weighted by Gasteiger charge is 2.38. The molecule has 98 valence electrons. The van der Waals surface area contributed by atoms with Crippen LogP contribution in [0.3, 0.4) is 0 Å². The Labute approximate surface area is 107 Å². The highest BCUT2D eigenvalue weighted by atomic mass is 19.1. The second kappa shape index (κ2) is 4.08. The molecule has 0 bridgehead atoms. The predicted molar refractivity (Wildman–Crippen MR) is 64.3 cm³/mol. The van der Waals surface area contributed by atoms with Crippen LogP contribution >= 0.6 is 0 Å². The summed E-state index contributed by atoms with van der Waals surface area (Å²) in [5, 5.41) is 9.57. The molecule has 0 radical (unpaired) electrons. The van der Waals surface area contributed by atoms with Gasteiger partial charge >= 0.3 is 5.97 Å². The number of carboxylic acids is 1. The molecule has 1 fully saturated rings. The molecule has 1 aliphatic rings. The minimum Gasteiger partial charge on any atom is -0.481 e. The molecular weight excluding hydrogens is 253 g/mol. The first-order chi connectivity index (χ1) is 9.08. The van der Waals surface area contributed by atoms with Crippen LogP contribution in [0, 0.1) is 11.7 Å². The number of hydrogen-bond donors (Lipinski definition) is 1. The summed E-state index contributed by atoms with van der Waals surface area (Å²) in [6, 6.07) is 4.36. The highest BCUT2D eigenvalue weighted by Crippen LogP contribution is 2.31. The molecule has 19 heavy (non-hydrogen) atoms. The Balaban J connectivity index is 2.03. The van der Waals surface area contributed by atoms with Gasteiger partial charge in [0.15, 0.2) is 5.82 Å². The van der Waals surface area contributed by atoms with Crippen LogP contribution in [-0.2, 0) is 9.59 Å². The minimum absolute atomic E-state index is 0.0997. The van der Waals surface area contributed by atoms with Crippen LogP contribution in [-0.4, -0.2) is 23.5 Å². The Morgan fingerprint density at radius 3 is 2.95 bits per heavy atom. The van der Waals surface area contributed by atoms with Gasteiger partial charge in [0.05, 0.1) is 12.0 Å². The van der Waals surface area contributed by atoms with E-state index in [-0.39, 0.29) is 18.7 Å². The van der Waals surface area contributed by atoms with Crippen LogP contribution in [0.25, 0.3) is 11.0 Å². The van der Waals surface area contributed by atoms with Gasteiger partial charge < -0.3 is 14.4 Å². The maximum atomic E-state index is 13.9. The molecule has 3 rings (SSSR count). The molecule has 0 aliphatic carbocycles. The van der Waals surface area contributed by atoms with Gasteiger partial charge in [0.25, 0.3) is 0 Å². The number of anilines is 1. The molecule has 0 spiro atoms. The monoisotopic (exact) mass is 263 g/mol. The molecule has 1 saturated heterocycles. The number of carbonyl (C=O) groups is 2. The van der Waals surface area contributed by atoms with Crippen molar-refractivity contribution in [2.45, 2.75) is 6.42 Å². The van der Waals surface area contributed by atoms with Crippen molar-refractivity contribution in [2.24, 2.45) is 5.92 Å². The normalized spacial score (nSPS) is 19.3. The lowest BCUT2D eigenvalue weighted by atomic mass is 10.1. The van der Waals surface area contributed by atoms with Crippen molar-refractivity contribution in [1.29, 1.82) is 0 Å². The molecular formula is C13H10FNO4. The Bertz CT molecular complexity index is 678. The number of benzene rings is 1. The zero-order chi connectivity index (χ0) is 13.6. The fourth-order valence-corrected chi connectivity index (χ4v) is 2.33. The predicted octanol–water partition coefficient (Wildman–Crippen LogP) is 2.01. The summed E-state index contributed by atoms with van der Waals surface area (Å²) < 4.78 is 19.0. The number of aliphatic carboxylic acids is 1. The quantitative estimate of drug-likeness (QED) is 0.841. The van der Waals surface area contributed by atoms with Gasteiger partial charge in [0.1, 0.15) is 11.5 Å². The van der Waals surface area contributed by atoms with Crippen molar-refractivity contribution in [2.75, 3.05) is 11.4 Å². The van der Waals surface area contributed by atoms with Crippen LogP contribution in [0.15, 0.2) is 28.9 Å². The van der Waals surface area contributed by atoms with E-state index in [4.69, 9.17) is 9.52 Å². The van der Waals surface area contributed by atoms with E-state index < -0.39 is 23.6 Å². The summed E-state index contributed by atoms with van der Waals surface area (Å²) in [5.74, 6) is -3.42. The highest BCUT2D eigenvalue weighted by molar-refractivity contribution is 6.08. The number of nitrogens with zero attached hydrogens (tertiary/aromatic N) is 1. The number of furan rings is 1. The summed E-state index contributed by atoms with van der Waals surface area (Å²) in [4.78, 5) is 24.0. The van der Waals surface area contributed by atoms with Crippen molar-refractivity contribution in [1.82, 2.24) is 0 Å². The molecule has 5 nitrogen and oxygen atoms in total. The van der Waals surface area contributed by atoms with Crippen molar-refractivity contribution in [3.63, 3.8) is 0 Å². The standard InChI is InChI=1S/C13H10FNO4/c14-9-6-11-7(2-4-19-11)5-10(9)15-3-1-8(12(15)16)13(17)18/h2,4-6,8H,1,3H2,(H,17,18). The second-order valence-corrected chi connectivity index (χ2v) is 4.43. The first-order valence-electron chi connectivity index (χ1n) is 5.79. The third-order valence-corrected chi connectivity index (χ3v) is 3.32. The molecule has 1 aromatic heterocycles. The number of carbonyl (C=O) groups excluding carboxylic acids is 1. The van der Waals surface area contributed by atoms with E-state index in [9.17, 15) is 14.0 Å². The van der Waals surface area contributed by atoms with E-state index in [2.05, 4.69) is 0 Å². The summed E-state index contributed by atoms with van der Waals surface area (Å²) in [6.45, 7) is 0.204. The lowest BCUT2D eigenvalue weighted by molar-refractivity contribution is -0.144. The molecule has 0 saturated carbocycles. The second-order valence-electron chi connectivity index (χ2n) is 4.43. The molecule has 1 N–H and O–H groups in total. The summed E-state index contributed by atoms with van der Waals surface area (Å²) in [6.07, 6.45) is 1.62. The van der Waals surface area contributed by atoms with E-state index in [1.165, 1.54) is 23.3 Å². The topological polar surface area (TPSA) is 70.8 Å². The van der Waals surface area contributed by atoms with Crippen LogP contribution in [0.4, 0.5) is 10.1 Å². The van der Waals surface area contributed by atoms with Gasteiger partial charge in [-0.25, -0.2) is 4.39 Å². The van der Waals surface area contributed by atoms with E-state index in [1.54, 1.807) is 6.07 Å². The molecule has 1 aromatic carbocycles. The van der Waals surface area contributed by atoms with E-state index in [0.717, 1.165) is 0 Å². The molecule has 1 unspecified atom stereocenters. The number of rotatable bonds is 2. The minimum atomic E-state index is -1.17. The summed E-state index contributed by atoms with van der Waals surface area (Å²) in [7, 11) is 0. The zero-order valence-corrected chi connectivity index (χ0v) is 9.80. The lowest BCUT2D eigenvalue weighted by Crippen LogP contribution is -2.30. The Hall–Kier alpha value is -2.37. The largest absolute Gasteiger partial charge is 0.481 e. The zero-order valence-electron chi connectivity index (χ0n) is 9.80. The Morgan fingerprint density at radius 1 is 1.47 bits per heavy atom. The van der Waals surface area contributed by atoms with E-state index in [1.807, 2.05) is 0 Å². The fraction of sp³-hybridized carbons (Fsp3) is 0.231. The van der Waals surface area contributed by atoms with E-state index in [0.29, 0.717) is 11.0 Å². The van der Waals surface area contributed by atoms with Gasteiger partial charge in [-0.15, -0.1) is 0 Å². The maximum absolute atomic E-state index is 13.9. The number of halogens is 1. The number of fused-ring (bicyclic) bond motifs is 1. The Kier molecular flexibility index (Phi) is 2.51. The lowest BCUT2D eigenvalue weighted by Gasteiger charge is -2.16. The molecule has 1 aliphatic heterocycles. The van der Waals surface area contributed by atoms with Crippen molar-refractivity contribution in [3.8, 4) is 0 Å². The van der Waals surface area contributed by atoms with Crippen molar-refractivity contribution in [3.05, 3.63) is 30.3 Å². The molecule has 1 atom stereocenters. The van der Waals surface area contributed by atoms with Crippen LogP contribution in [0.2, 0.25) is 0 Å². The third kappa shape index (κ3) is 1.76.